The van der Waals surface area contributed by atoms with Gasteiger partial charge < -0.3 is 15.0 Å². The highest BCUT2D eigenvalue weighted by molar-refractivity contribution is 7.91. The predicted molar refractivity (Wildman–Crippen MR) is 145 cm³/mol. The molecular formula is C27H30N8O3S. The maximum atomic E-state index is 12.9. The van der Waals surface area contributed by atoms with Crippen LogP contribution in [0.25, 0.3) is 5.65 Å². The van der Waals surface area contributed by atoms with Gasteiger partial charge in [-0.1, -0.05) is 0 Å². The second kappa shape index (κ2) is 9.37. The van der Waals surface area contributed by atoms with Crippen molar-refractivity contribution in [2.24, 2.45) is 5.92 Å². The van der Waals surface area contributed by atoms with Crippen molar-refractivity contribution in [1.29, 1.82) is 0 Å². The number of carbonyl (C=O) groups excluding carboxylic acids is 1. The maximum Gasteiger partial charge on any atom is 0.229 e. The number of aromatic nitrogens is 6. The monoisotopic (exact) mass is 546 g/mol. The third kappa shape index (κ3) is 5.33. The zero-order valence-electron chi connectivity index (χ0n) is 22.2. The largest absolute Gasteiger partial charge is 0.362 e. The summed E-state index contributed by atoms with van der Waals surface area (Å²) in [5, 5.41) is 6.23. The van der Waals surface area contributed by atoms with Crippen molar-refractivity contribution in [2.45, 2.75) is 62.8 Å². The van der Waals surface area contributed by atoms with Crippen LogP contribution in [0.2, 0.25) is 0 Å². The molecule has 0 saturated heterocycles. The first-order valence-electron chi connectivity index (χ1n) is 13.0. The average Bonchev–Trinajstić information content (AvgIpc) is 3.78. The van der Waals surface area contributed by atoms with Gasteiger partial charge in [0.05, 0.1) is 11.7 Å². The Morgan fingerprint density at radius 3 is 2.56 bits per heavy atom. The number of amides is 1. The van der Waals surface area contributed by atoms with E-state index in [4.69, 9.17) is 0 Å². The van der Waals surface area contributed by atoms with Gasteiger partial charge in [0.2, 0.25) is 5.91 Å². The Hall–Kier alpha value is -3.93. The average molecular weight is 547 g/mol. The van der Waals surface area contributed by atoms with Gasteiger partial charge in [0, 0.05) is 48.4 Å². The third-order valence-corrected chi connectivity index (χ3v) is 8.27. The first-order valence-corrected chi connectivity index (χ1v) is 14.9. The number of hydrogen-bond acceptors (Lipinski definition) is 9. The lowest BCUT2D eigenvalue weighted by atomic mass is 10.2. The molecule has 11 nitrogen and oxygen atoms in total. The van der Waals surface area contributed by atoms with E-state index in [9.17, 15) is 13.2 Å². The molecule has 0 aromatic carbocycles. The van der Waals surface area contributed by atoms with E-state index in [0.29, 0.717) is 47.0 Å². The van der Waals surface area contributed by atoms with Crippen molar-refractivity contribution in [3.05, 3.63) is 65.4 Å². The highest BCUT2D eigenvalue weighted by Crippen LogP contribution is 2.46. The summed E-state index contributed by atoms with van der Waals surface area (Å²) in [6, 6.07) is 4.99. The Morgan fingerprint density at radius 2 is 1.85 bits per heavy atom. The molecule has 0 aliphatic heterocycles. The van der Waals surface area contributed by atoms with Crippen molar-refractivity contribution in [2.75, 3.05) is 16.9 Å². The first-order chi connectivity index (χ1) is 18.5. The Morgan fingerprint density at radius 1 is 1.08 bits per heavy atom. The van der Waals surface area contributed by atoms with E-state index >= 15 is 0 Å². The minimum absolute atomic E-state index is 0.0118. The predicted octanol–water partition coefficient (Wildman–Crippen LogP) is 3.73. The molecule has 4 aromatic heterocycles. The number of rotatable bonds is 8. The second-order valence-corrected chi connectivity index (χ2v) is 12.6. The smallest absolute Gasteiger partial charge is 0.229 e. The number of aryl methyl sites for hydroxylation is 2. The van der Waals surface area contributed by atoms with E-state index in [1.165, 1.54) is 6.26 Å². The molecule has 0 bridgehead atoms. The molecule has 39 heavy (non-hydrogen) atoms. The Bertz CT molecular complexity index is 1710. The zero-order chi connectivity index (χ0) is 27.5. The fourth-order valence-electron chi connectivity index (χ4n) is 4.87. The number of carbonyl (C=O) groups is 1. The number of imidazole rings is 1. The summed E-state index contributed by atoms with van der Waals surface area (Å²) >= 11 is 0. The van der Waals surface area contributed by atoms with Gasteiger partial charge in [0.15, 0.2) is 15.5 Å². The van der Waals surface area contributed by atoms with Crippen LogP contribution in [0.4, 0.5) is 11.6 Å². The van der Waals surface area contributed by atoms with Gasteiger partial charge >= 0.3 is 0 Å². The molecule has 12 heteroatoms. The van der Waals surface area contributed by atoms with Crippen LogP contribution >= 0.6 is 0 Å². The standard InChI is InChI=1S/C27H30N8O3S/c1-14-7-8-28-25(29-14)19-10-20(19)27(36)34-24-11-23(31-16(3)32-24)30-15(2)21-13-35-12-18(17-5-6-17)9-22(26(35)33-21)39(4,37)38/h7-9,11-13,15,17,19-20H,5-6,10H2,1-4H3,(H2,30,31,32,34,36)/t15-,19+,20+/m1/s1. The SMILES string of the molecule is Cc1ccnc([C@H]2C[C@@H]2C(=O)Nc2cc(N[C@H](C)c3cn4cc(C5CC5)cc(S(C)(=O)=O)c4n3)nc(C)n2)n1. The lowest BCUT2D eigenvalue weighted by Gasteiger charge is -2.14. The van der Waals surface area contributed by atoms with Gasteiger partial charge in [-0.2, -0.15) is 0 Å². The zero-order valence-corrected chi connectivity index (χ0v) is 23.0. The van der Waals surface area contributed by atoms with Crippen LogP contribution in [0.5, 0.6) is 0 Å². The molecular weight excluding hydrogens is 516 g/mol. The molecule has 1 amide bonds. The molecule has 0 spiro atoms. The van der Waals surface area contributed by atoms with Crippen LogP contribution in [0.1, 0.15) is 72.7 Å². The van der Waals surface area contributed by atoms with Gasteiger partial charge in [0.1, 0.15) is 28.2 Å². The van der Waals surface area contributed by atoms with Gasteiger partial charge in [-0.15, -0.1) is 0 Å². The number of anilines is 2. The second-order valence-electron chi connectivity index (χ2n) is 10.6. The molecule has 2 aliphatic rings. The van der Waals surface area contributed by atoms with Crippen LogP contribution in [-0.2, 0) is 14.6 Å². The Balaban J connectivity index is 1.19. The summed E-state index contributed by atoms with van der Waals surface area (Å²) in [4.78, 5) is 35.4. The molecule has 0 unspecified atom stereocenters. The van der Waals surface area contributed by atoms with Gasteiger partial charge in [-0.05, 0) is 63.6 Å². The number of fused-ring (bicyclic) bond motifs is 1. The molecule has 2 saturated carbocycles. The minimum atomic E-state index is -3.45. The molecule has 4 aromatic rings. The molecule has 2 N–H and O–H groups in total. The van der Waals surface area contributed by atoms with E-state index in [-0.39, 0.29) is 28.7 Å². The van der Waals surface area contributed by atoms with Crippen LogP contribution in [-0.4, -0.2) is 49.9 Å². The minimum Gasteiger partial charge on any atom is -0.362 e. The molecule has 0 radical (unpaired) electrons. The van der Waals surface area contributed by atoms with Crippen LogP contribution in [0.3, 0.4) is 0 Å². The molecule has 2 aliphatic carbocycles. The lowest BCUT2D eigenvalue weighted by Crippen LogP contribution is -2.17. The fraction of sp³-hybridized carbons (Fsp3) is 0.407. The van der Waals surface area contributed by atoms with Crippen molar-refractivity contribution in [3.8, 4) is 0 Å². The summed E-state index contributed by atoms with van der Waals surface area (Å²) in [7, 11) is -3.45. The molecule has 202 valence electrons. The maximum absolute atomic E-state index is 12.9. The quantitative estimate of drug-likeness (QED) is 0.338. The number of sulfone groups is 1. The van der Waals surface area contributed by atoms with Crippen LogP contribution in [0, 0.1) is 19.8 Å². The third-order valence-electron chi connectivity index (χ3n) is 7.18. The van der Waals surface area contributed by atoms with Crippen molar-refractivity contribution in [3.63, 3.8) is 0 Å². The highest BCUT2D eigenvalue weighted by atomic mass is 32.2. The molecule has 6 rings (SSSR count). The molecule has 2 fully saturated rings. The van der Waals surface area contributed by atoms with Gasteiger partial charge in [-0.25, -0.2) is 33.3 Å². The van der Waals surface area contributed by atoms with Crippen molar-refractivity contribution >= 4 is 33.0 Å². The summed E-state index contributed by atoms with van der Waals surface area (Å²) in [6.07, 6.45) is 9.60. The first kappa shape index (κ1) is 25.4. The number of nitrogens with zero attached hydrogens (tertiary/aromatic N) is 6. The van der Waals surface area contributed by atoms with Crippen LogP contribution < -0.4 is 10.6 Å². The topological polar surface area (TPSA) is 144 Å². The van der Waals surface area contributed by atoms with Crippen LogP contribution in [0.15, 0.2) is 41.7 Å². The van der Waals surface area contributed by atoms with E-state index in [1.807, 2.05) is 32.3 Å². The number of nitrogens with one attached hydrogen (secondary N) is 2. The number of hydrogen-bond donors (Lipinski definition) is 2. The summed E-state index contributed by atoms with van der Waals surface area (Å²) in [6.45, 7) is 5.59. The normalized spacial score (nSPS) is 19.6. The van der Waals surface area contributed by atoms with E-state index in [0.717, 1.165) is 24.1 Å². The van der Waals surface area contributed by atoms with E-state index in [2.05, 4.69) is 35.6 Å². The fourth-order valence-corrected chi connectivity index (χ4v) is 5.70. The Kier molecular flexibility index (Phi) is 6.09. The highest BCUT2D eigenvalue weighted by Gasteiger charge is 2.46. The van der Waals surface area contributed by atoms with Crippen molar-refractivity contribution in [1.82, 2.24) is 29.3 Å². The number of pyridine rings is 1. The van der Waals surface area contributed by atoms with Gasteiger partial charge in [0.25, 0.3) is 0 Å². The molecule has 4 heterocycles. The summed E-state index contributed by atoms with van der Waals surface area (Å²) in [5.74, 6) is 2.23. The molecule has 3 atom stereocenters. The van der Waals surface area contributed by atoms with E-state index in [1.54, 1.807) is 29.7 Å². The van der Waals surface area contributed by atoms with E-state index < -0.39 is 9.84 Å². The lowest BCUT2D eigenvalue weighted by molar-refractivity contribution is -0.117. The summed E-state index contributed by atoms with van der Waals surface area (Å²) in [5.41, 5.74) is 2.98. The summed E-state index contributed by atoms with van der Waals surface area (Å²) < 4.78 is 26.8. The Labute approximate surface area is 226 Å². The van der Waals surface area contributed by atoms with Gasteiger partial charge in [-0.3, -0.25) is 4.79 Å². The van der Waals surface area contributed by atoms with Crippen molar-refractivity contribution < 1.29 is 13.2 Å².